The van der Waals surface area contributed by atoms with Gasteiger partial charge < -0.3 is 9.47 Å². The van der Waals surface area contributed by atoms with Crippen molar-refractivity contribution in [3.63, 3.8) is 0 Å². The first-order valence-electron chi connectivity index (χ1n) is 12.6. The van der Waals surface area contributed by atoms with E-state index in [1.165, 1.54) is 12.1 Å². The Morgan fingerprint density at radius 1 is 1.08 bits per heavy atom. The second kappa shape index (κ2) is 11.5. The quantitative estimate of drug-likeness (QED) is 0.252. The number of halogens is 3. The number of carbonyl (C=O) groups excluding carboxylic acids is 1. The Morgan fingerprint density at radius 2 is 1.74 bits per heavy atom. The van der Waals surface area contributed by atoms with Crippen molar-refractivity contribution < 1.29 is 27.4 Å². The zero-order chi connectivity index (χ0) is 28.3. The summed E-state index contributed by atoms with van der Waals surface area (Å²) in [6.07, 6.45) is -3.04. The highest BCUT2D eigenvalue weighted by molar-refractivity contribution is 5.79. The summed E-state index contributed by atoms with van der Waals surface area (Å²) in [5.41, 5.74) is 3.21. The van der Waals surface area contributed by atoms with Gasteiger partial charge in [0, 0.05) is 17.3 Å². The van der Waals surface area contributed by atoms with Gasteiger partial charge >= 0.3 is 12.1 Å². The van der Waals surface area contributed by atoms with Crippen molar-refractivity contribution in [3.05, 3.63) is 77.5 Å². The molecule has 8 heteroatoms. The summed E-state index contributed by atoms with van der Waals surface area (Å²) in [4.78, 5) is 12.2. The third-order valence-electron chi connectivity index (χ3n) is 6.21. The number of aryl methyl sites for hydroxylation is 2. The second-order valence-electron chi connectivity index (χ2n) is 10.1. The molecule has 0 aliphatic heterocycles. The second-order valence-corrected chi connectivity index (χ2v) is 10.1. The van der Waals surface area contributed by atoms with Crippen LogP contribution in [0.5, 0.6) is 5.75 Å². The van der Waals surface area contributed by atoms with Crippen molar-refractivity contribution in [1.82, 2.24) is 9.78 Å². The molecule has 0 radical (unpaired) electrons. The molecule has 0 spiro atoms. The van der Waals surface area contributed by atoms with E-state index in [1.54, 1.807) is 20.8 Å². The van der Waals surface area contributed by atoms with Gasteiger partial charge in [-0.1, -0.05) is 24.8 Å². The monoisotopic (exact) mass is 528 g/mol. The Balaban J connectivity index is 1.73. The van der Waals surface area contributed by atoms with Crippen molar-refractivity contribution in [1.29, 1.82) is 0 Å². The maximum absolute atomic E-state index is 12.9. The third kappa shape index (κ3) is 6.85. The number of aromatic nitrogens is 2. The average Bonchev–Trinajstić information content (AvgIpc) is 3.28. The van der Waals surface area contributed by atoms with Crippen LogP contribution >= 0.6 is 0 Å². The summed E-state index contributed by atoms with van der Waals surface area (Å²) < 4.78 is 51.8. The van der Waals surface area contributed by atoms with Gasteiger partial charge in [-0.25, -0.2) is 4.79 Å². The van der Waals surface area contributed by atoms with Gasteiger partial charge in [-0.3, -0.25) is 4.68 Å². The van der Waals surface area contributed by atoms with Crippen LogP contribution in [0.3, 0.4) is 0 Å². The van der Waals surface area contributed by atoms with Crippen molar-refractivity contribution in [2.24, 2.45) is 0 Å². The van der Waals surface area contributed by atoms with Crippen LogP contribution in [0.2, 0.25) is 0 Å². The fourth-order valence-corrected chi connectivity index (χ4v) is 4.07. The molecule has 0 fully saturated rings. The molecule has 0 amide bonds. The van der Waals surface area contributed by atoms with Crippen LogP contribution < -0.4 is 4.74 Å². The van der Waals surface area contributed by atoms with E-state index in [2.05, 4.69) is 11.7 Å². The zero-order valence-corrected chi connectivity index (χ0v) is 22.8. The van der Waals surface area contributed by atoms with Gasteiger partial charge in [0.05, 0.1) is 17.9 Å². The van der Waals surface area contributed by atoms with Crippen molar-refractivity contribution in [2.45, 2.75) is 72.2 Å². The van der Waals surface area contributed by atoms with Gasteiger partial charge in [-0.05, 0) is 101 Å². The molecule has 0 unspecified atom stereocenters. The fourth-order valence-electron chi connectivity index (χ4n) is 4.07. The van der Waals surface area contributed by atoms with Crippen LogP contribution in [0.4, 0.5) is 13.2 Å². The number of ether oxygens (including phenoxy) is 2. The van der Waals surface area contributed by atoms with Crippen LogP contribution in [0, 0.1) is 6.92 Å². The van der Waals surface area contributed by atoms with Gasteiger partial charge in [0.1, 0.15) is 5.75 Å². The van der Waals surface area contributed by atoms with E-state index < -0.39 is 23.3 Å². The fraction of sp³-hybridized carbons (Fsp3) is 0.400. The summed E-state index contributed by atoms with van der Waals surface area (Å²) >= 11 is 0. The molecule has 1 aromatic heterocycles. The Labute approximate surface area is 222 Å². The Kier molecular flexibility index (Phi) is 8.75. The molecular weight excluding hydrogens is 493 g/mol. The van der Waals surface area contributed by atoms with E-state index in [-0.39, 0.29) is 12.6 Å². The number of rotatable bonds is 10. The maximum atomic E-state index is 12.9. The molecule has 204 valence electrons. The molecule has 3 aromatic rings. The normalized spacial score (nSPS) is 12.1. The molecular formula is C30H35F3N2O3. The van der Waals surface area contributed by atoms with Gasteiger partial charge in [-0.2, -0.15) is 18.3 Å². The first-order valence-corrected chi connectivity index (χ1v) is 12.6. The smallest absolute Gasteiger partial charge is 0.416 e. The lowest BCUT2D eigenvalue weighted by Crippen LogP contribution is -2.39. The van der Waals surface area contributed by atoms with Gasteiger partial charge in [0.15, 0.2) is 5.60 Å². The Morgan fingerprint density at radius 3 is 2.29 bits per heavy atom. The minimum absolute atomic E-state index is 0.0860. The molecule has 0 saturated carbocycles. The van der Waals surface area contributed by atoms with Gasteiger partial charge in [-0.15, -0.1) is 0 Å². The van der Waals surface area contributed by atoms with E-state index in [1.807, 2.05) is 49.7 Å². The number of hydrogen-bond acceptors (Lipinski definition) is 4. The molecule has 0 N–H and O–H groups in total. The first kappa shape index (κ1) is 29.0. The van der Waals surface area contributed by atoms with E-state index >= 15 is 0 Å². The molecule has 1 heterocycles. The lowest BCUT2D eigenvalue weighted by molar-refractivity contribution is -0.158. The third-order valence-corrected chi connectivity index (χ3v) is 6.21. The highest BCUT2D eigenvalue weighted by Crippen LogP contribution is 2.32. The number of alkyl halides is 3. The number of carbonyl (C=O) groups is 1. The van der Waals surface area contributed by atoms with Crippen molar-refractivity contribution in [3.8, 4) is 17.0 Å². The number of nitrogens with zero attached hydrogens (tertiary/aromatic N) is 2. The largest absolute Gasteiger partial charge is 0.476 e. The number of benzene rings is 2. The van der Waals surface area contributed by atoms with Crippen molar-refractivity contribution >= 4 is 11.5 Å². The summed E-state index contributed by atoms with van der Waals surface area (Å²) in [7, 11) is 0. The number of esters is 1. The summed E-state index contributed by atoms with van der Waals surface area (Å²) in [5, 5.41) is 4.66. The lowest BCUT2D eigenvalue weighted by atomic mass is 9.99. The average molecular weight is 529 g/mol. The standard InChI is InChI=1S/C30H35F3N2O3/c1-8-37-28(36)29(6,7)38-27-16-12-23(17-21(27)5)20(4)9-15-25-18-26(34-35(25)19(2)3)22-10-13-24(14-11-22)30(31,32)33/h10-14,16-19H,4,8-9,15H2,1-3,5-7H3. The Bertz CT molecular complexity index is 1290. The van der Waals surface area contributed by atoms with Crippen LogP contribution in [-0.2, 0) is 22.1 Å². The molecule has 0 saturated heterocycles. The van der Waals surface area contributed by atoms with E-state index in [0.29, 0.717) is 29.8 Å². The predicted molar refractivity (Wildman–Crippen MR) is 143 cm³/mol. The highest BCUT2D eigenvalue weighted by atomic mass is 19.4. The molecule has 2 aromatic carbocycles. The molecule has 0 aliphatic carbocycles. The summed E-state index contributed by atoms with van der Waals surface area (Å²) in [6.45, 7) is 15.6. The highest BCUT2D eigenvalue weighted by Gasteiger charge is 2.32. The van der Waals surface area contributed by atoms with Crippen LogP contribution in [0.25, 0.3) is 16.8 Å². The summed E-state index contributed by atoms with van der Waals surface area (Å²) in [6, 6.07) is 12.8. The molecule has 3 rings (SSSR count). The van der Waals surface area contributed by atoms with E-state index in [9.17, 15) is 18.0 Å². The van der Waals surface area contributed by atoms with Crippen LogP contribution in [0.1, 0.15) is 69.5 Å². The molecule has 0 atom stereocenters. The van der Waals surface area contributed by atoms with E-state index in [0.717, 1.165) is 34.5 Å². The predicted octanol–water partition coefficient (Wildman–Crippen LogP) is 7.82. The topological polar surface area (TPSA) is 53.4 Å². The summed E-state index contributed by atoms with van der Waals surface area (Å²) in [5.74, 6) is 0.170. The molecule has 0 aliphatic rings. The lowest BCUT2D eigenvalue weighted by Gasteiger charge is -2.25. The number of hydrogen-bond donors (Lipinski definition) is 0. The van der Waals surface area contributed by atoms with Crippen molar-refractivity contribution in [2.75, 3.05) is 6.61 Å². The van der Waals surface area contributed by atoms with Crippen LogP contribution in [0.15, 0.2) is 55.1 Å². The molecule has 38 heavy (non-hydrogen) atoms. The minimum atomic E-state index is -4.37. The number of allylic oxidation sites excluding steroid dienone is 1. The van der Waals surface area contributed by atoms with Crippen LogP contribution in [-0.4, -0.2) is 28.0 Å². The molecule has 0 bridgehead atoms. The maximum Gasteiger partial charge on any atom is 0.416 e. The molecule has 5 nitrogen and oxygen atoms in total. The van der Waals surface area contributed by atoms with Gasteiger partial charge in [0.25, 0.3) is 0 Å². The minimum Gasteiger partial charge on any atom is -0.476 e. The zero-order valence-electron chi connectivity index (χ0n) is 22.8. The van der Waals surface area contributed by atoms with Gasteiger partial charge in [0.2, 0.25) is 0 Å². The Hall–Kier alpha value is -3.55. The SMILES string of the molecule is C=C(CCc1cc(-c2ccc(C(F)(F)F)cc2)nn1C(C)C)c1ccc(OC(C)(C)C(=O)OCC)c(C)c1. The van der Waals surface area contributed by atoms with E-state index in [4.69, 9.17) is 9.47 Å². The first-order chi connectivity index (χ1) is 17.7.